The zero-order chi connectivity index (χ0) is 13.0. The number of nitriles is 1. The van der Waals surface area contributed by atoms with Crippen LogP contribution >= 0.6 is 0 Å². The Hall–Kier alpha value is -1.47. The molecule has 0 bridgehead atoms. The van der Waals surface area contributed by atoms with Crippen LogP contribution < -0.4 is 5.32 Å². The number of nitrogens with zero attached hydrogens (tertiary/aromatic N) is 1. The third kappa shape index (κ3) is 3.05. The van der Waals surface area contributed by atoms with Crippen molar-refractivity contribution in [3.63, 3.8) is 0 Å². The molecule has 2 rings (SSSR count). The second-order valence-corrected chi connectivity index (χ2v) is 4.76. The van der Waals surface area contributed by atoms with Crippen molar-refractivity contribution in [1.82, 2.24) is 5.32 Å². The van der Waals surface area contributed by atoms with E-state index in [0.717, 1.165) is 31.7 Å². The zero-order valence-electron chi connectivity index (χ0n) is 10.1. The van der Waals surface area contributed by atoms with E-state index in [1.807, 2.05) is 0 Å². The molecule has 96 valence electrons. The van der Waals surface area contributed by atoms with Crippen LogP contribution in [0.25, 0.3) is 0 Å². The van der Waals surface area contributed by atoms with Gasteiger partial charge in [-0.1, -0.05) is 18.9 Å². The Morgan fingerprint density at radius 2 is 2.00 bits per heavy atom. The minimum atomic E-state index is -0.827. The van der Waals surface area contributed by atoms with Crippen molar-refractivity contribution in [3.05, 3.63) is 35.4 Å². The van der Waals surface area contributed by atoms with Gasteiger partial charge < -0.3 is 5.32 Å². The topological polar surface area (TPSA) is 35.8 Å². The molecule has 1 aliphatic rings. The number of benzene rings is 1. The van der Waals surface area contributed by atoms with Gasteiger partial charge in [-0.25, -0.2) is 8.78 Å². The van der Waals surface area contributed by atoms with Crippen molar-refractivity contribution >= 4 is 0 Å². The van der Waals surface area contributed by atoms with Gasteiger partial charge in [0, 0.05) is 12.6 Å². The summed E-state index contributed by atoms with van der Waals surface area (Å²) in [4.78, 5) is 0. The van der Waals surface area contributed by atoms with Crippen LogP contribution in [0.4, 0.5) is 8.78 Å². The van der Waals surface area contributed by atoms with Gasteiger partial charge in [0.05, 0.1) is 12.0 Å². The number of hydrogen-bond donors (Lipinski definition) is 1. The summed E-state index contributed by atoms with van der Waals surface area (Å²) in [5.41, 5.74) is 0.705. The number of hydrogen-bond acceptors (Lipinski definition) is 2. The average Bonchev–Trinajstić information content (AvgIpc) is 2.40. The summed E-state index contributed by atoms with van der Waals surface area (Å²) in [6.07, 6.45) is 4.11. The van der Waals surface area contributed by atoms with Crippen LogP contribution in [0.5, 0.6) is 0 Å². The quantitative estimate of drug-likeness (QED) is 0.894. The van der Waals surface area contributed by atoms with Gasteiger partial charge in [0.2, 0.25) is 0 Å². The molecule has 1 aromatic carbocycles. The van der Waals surface area contributed by atoms with Gasteiger partial charge in [0.25, 0.3) is 0 Å². The lowest BCUT2D eigenvalue weighted by atomic mass is 9.85. The number of rotatable bonds is 3. The van der Waals surface area contributed by atoms with E-state index in [0.29, 0.717) is 12.1 Å². The molecular weight excluding hydrogens is 234 g/mol. The van der Waals surface area contributed by atoms with E-state index in [9.17, 15) is 8.78 Å². The maximum absolute atomic E-state index is 13.0. The first kappa shape index (κ1) is 13.0. The highest BCUT2D eigenvalue weighted by Gasteiger charge is 2.24. The Morgan fingerprint density at radius 3 is 2.72 bits per heavy atom. The Kier molecular flexibility index (Phi) is 4.27. The van der Waals surface area contributed by atoms with Crippen molar-refractivity contribution < 1.29 is 8.78 Å². The van der Waals surface area contributed by atoms with Crippen molar-refractivity contribution in [2.24, 2.45) is 5.92 Å². The molecule has 2 nitrogen and oxygen atoms in total. The second kappa shape index (κ2) is 5.92. The molecule has 18 heavy (non-hydrogen) atoms. The fourth-order valence-electron chi connectivity index (χ4n) is 2.43. The fourth-order valence-corrected chi connectivity index (χ4v) is 2.43. The third-order valence-electron chi connectivity index (χ3n) is 3.48. The van der Waals surface area contributed by atoms with E-state index >= 15 is 0 Å². The maximum atomic E-state index is 13.0. The predicted molar refractivity (Wildman–Crippen MR) is 64.6 cm³/mol. The summed E-state index contributed by atoms with van der Waals surface area (Å²) < 4.78 is 25.8. The Balaban J connectivity index is 1.94. The summed E-state index contributed by atoms with van der Waals surface area (Å²) in [6, 6.07) is 6.38. The van der Waals surface area contributed by atoms with E-state index in [1.165, 1.54) is 6.07 Å². The largest absolute Gasteiger partial charge is 0.309 e. The minimum Gasteiger partial charge on any atom is -0.309 e. The SMILES string of the molecule is N#CC1CCCCC1NCc1ccc(F)c(F)c1. The molecule has 0 spiro atoms. The van der Waals surface area contributed by atoms with Crippen LogP contribution in [0.1, 0.15) is 31.2 Å². The molecular formula is C14H16F2N2. The first-order valence-corrected chi connectivity index (χ1v) is 6.27. The van der Waals surface area contributed by atoms with Gasteiger partial charge in [0.1, 0.15) is 0 Å². The third-order valence-corrected chi connectivity index (χ3v) is 3.48. The first-order valence-electron chi connectivity index (χ1n) is 6.27. The molecule has 0 radical (unpaired) electrons. The summed E-state index contributed by atoms with van der Waals surface area (Å²) in [7, 11) is 0. The molecule has 0 aliphatic heterocycles. The summed E-state index contributed by atoms with van der Waals surface area (Å²) in [6.45, 7) is 0.472. The van der Waals surface area contributed by atoms with Crippen LogP contribution in [-0.2, 0) is 6.54 Å². The molecule has 1 fully saturated rings. The second-order valence-electron chi connectivity index (χ2n) is 4.76. The summed E-state index contributed by atoms with van der Waals surface area (Å²) in [5.74, 6) is -1.62. The Bertz CT molecular complexity index is 454. The average molecular weight is 250 g/mol. The molecule has 1 N–H and O–H groups in total. The van der Waals surface area contributed by atoms with Crippen LogP contribution in [0.15, 0.2) is 18.2 Å². The highest BCUT2D eigenvalue weighted by Crippen LogP contribution is 2.24. The van der Waals surface area contributed by atoms with Gasteiger partial charge in [-0.05, 0) is 30.5 Å². The van der Waals surface area contributed by atoms with Crippen molar-refractivity contribution in [2.45, 2.75) is 38.3 Å². The predicted octanol–water partition coefficient (Wildman–Crippen LogP) is 3.14. The summed E-state index contributed by atoms with van der Waals surface area (Å²) in [5, 5.41) is 12.3. The molecule has 0 amide bonds. The lowest BCUT2D eigenvalue weighted by Gasteiger charge is -2.27. The smallest absolute Gasteiger partial charge is 0.159 e. The highest BCUT2D eigenvalue weighted by molar-refractivity contribution is 5.17. The Morgan fingerprint density at radius 1 is 1.22 bits per heavy atom. The zero-order valence-corrected chi connectivity index (χ0v) is 10.1. The number of nitrogens with one attached hydrogen (secondary N) is 1. The Labute approximate surface area is 106 Å². The van der Waals surface area contributed by atoms with Crippen molar-refractivity contribution in [1.29, 1.82) is 5.26 Å². The van der Waals surface area contributed by atoms with E-state index < -0.39 is 11.6 Å². The molecule has 0 heterocycles. The molecule has 1 saturated carbocycles. The van der Waals surface area contributed by atoms with Crippen LogP contribution in [-0.4, -0.2) is 6.04 Å². The van der Waals surface area contributed by atoms with Crippen molar-refractivity contribution in [2.75, 3.05) is 0 Å². The van der Waals surface area contributed by atoms with Crippen LogP contribution in [0.3, 0.4) is 0 Å². The standard InChI is InChI=1S/C14H16F2N2/c15-12-6-5-10(7-13(12)16)9-18-14-4-2-1-3-11(14)8-17/h5-7,11,14,18H,1-4,9H2. The van der Waals surface area contributed by atoms with Gasteiger partial charge in [-0.15, -0.1) is 0 Å². The molecule has 4 heteroatoms. The fraction of sp³-hybridized carbons (Fsp3) is 0.500. The molecule has 1 aromatic rings. The lowest BCUT2D eigenvalue weighted by Crippen LogP contribution is -2.37. The molecule has 2 atom stereocenters. The minimum absolute atomic E-state index is 0.0315. The van der Waals surface area contributed by atoms with Crippen molar-refractivity contribution in [3.8, 4) is 6.07 Å². The van der Waals surface area contributed by atoms with Crippen LogP contribution in [0.2, 0.25) is 0 Å². The number of halogens is 2. The summed E-state index contributed by atoms with van der Waals surface area (Å²) >= 11 is 0. The van der Waals surface area contributed by atoms with Gasteiger partial charge in [-0.3, -0.25) is 0 Å². The van der Waals surface area contributed by atoms with E-state index in [4.69, 9.17) is 5.26 Å². The molecule has 0 aromatic heterocycles. The molecule has 0 saturated heterocycles. The monoisotopic (exact) mass is 250 g/mol. The normalized spacial score (nSPS) is 23.6. The highest BCUT2D eigenvalue weighted by atomic mass is 19.2. The van der Waals surface area contributed by atoms with Gasteiger partial charge in [0.15, 0.2) is 11.6 Å². The van der Waals surface area contributed by atoms with Gasteiger partial charge >= 0.3 is 0 Å². The lowest BCUT2D eigenvalue weighted by molar-refractivity contribution is 0.311. The maximum Gasteiger partial charge on any atom is 0.159 e. The molecule has 1 aliphatic carbocycles. The van der Waals surface area contributed by atoms with Crippen LogP contribution in [0, 0.1) is 28.9 Å². The van der Waals surface area contributed by atoms with E-state index in [1.54, 1.807) is 6.07 Å². The first-order chi connectivity index (χ1) is 8.70. The van der Waals surface area contributed by atoms with Gasteiger partial charge in [-0.2, -0.15) is 5.26 Å². The van der Waals surface area contributed by atoms with E-state index in [-0.39, 0.29) is 12.0 Å². The molecule has 2 unspecified atom stereocenters. The van der Waals surface area contributed by atoms with E-state index in [2.05, 4.69) is 11.4 Å².